The van der Waals surface area contributed by atoms with E-state index in [4.69, 9.17) is 9.47 Å². The zero-order valence-electron chi connectivity index (χ0n) is 13.2. The second kappa shape index (κ2) is 7.67. The number of hydrogen-bond acceptors (Lipinski definition) is 4. The van der Waals surface area contributed by atoms with Gasteiger partial charge in [-0.15, -0.1) is 0 Å². The fourth-order valence-corrected chi connectivity index (χ4v) is 2.07. The number of nitrogens with one attached hydrogen (secondary N) is 1. The standard InChI is InChI=1S/C16H23NO4/c1-10(2)15(16(19)21-5)17-14(18)9-12-8-11(3)6-7-13(12)20-4/h6-8,10,15H,9H2,1-5H3,(H,17,18). The Morgan fingerprint density at radius 1 is 1.24 bits per heavy atom. The molecule has 1 rings (SSSR count). The number of carbonyl (C=O) groups is 2. The van der Waals surface area contributed by atoms with Crippen molar-refractivity contribution in [3.05, 3.63) is 29.3 Å². The number of ether oxygens (including phenoxy) is 2. The molecule has 0 heterocycles. The van der Waals surface area contributed by atoms with E-state index in [1.807, 2.05) is 39.0 Å². The molecule has 0 aliphatic heterocycles. The summed E-state index contributed by atoms with van der Waals surface area (Å²) in [6, 6.07) is 5.02. The first-order valence-corrected chi connectivity index (χ1v) is 6.89. The molecule has 0 fully saturated rings. The predicted octanol–water partition coefficient (Wildman–Crippen LogP) is 1.86. The molecule has 116 valence electrons. The van der Waals surface area contributed by atoms with Crippen molar-refractivity contribution < 1.29 is 19.1 Å². The van der Waals surface area contributed by atoms with E-state index >= 15 is 0 Å². The van der Waals surface area contributed by atoms with Crippen LogP contribution in [0.3, 0.4) is 0 Å². The molecule has 1 N–H and O–H groups in total. The highest BCUT2D eigenvalue weighted by Crippen LogP contribution is 2.20. The van der Waals surface area contributed by atoms with Crippen molar-refractivity contribution >= 4 is 11.9 Å². The van der Waals surface area contributed by atoms with Crippen LogP contribution in [-0.4, -0.2) is 32.1 Å². The van der Waals surface area contributed by atoms with Crippen molar-refractivity contribution in [3.8, 4) is 5.75 Å². The predicted molar refractivity (Wildman–Crippen MR) is 80.2 cm³/mol. The Balaban J connectivity index is 2.81. The van der Waals surface area contributed by atoms with Crippen LogP contribution in [0.5, 0.6) is 5.75 Å². The molecule has 21 heavy (non-hydrogen) atoms. The molecule has 0 saturated carbocycles. The average molecular weight is 293 g/mol. The van der Waals surface area contributed by atoms with Gasteiger partial charge in [-0.05, 0) is 18.9 Å². The SMILES string of the molecule is COC(=O)C(NC(=O)Cc1cc(C)ccc1OC)C(C)C. The Labute approximate surface area is 125 Å². The maximum atomic E-state index is 12.2. The molecule has 0 spiro atoms. The van der Waals surface area contributed by atoms with Crippen LogP contribution in [-0.2, 0) is 20.7 Å². The molecule has 0 radical (unpaired) electrons. The van der Waals surface area contributed by atoms with Gasteiger partial charge in [-0.2, -0.15) is 0 Å². The van der Waals surface area contributed by atoms with Gasteiger partial charge in [0.15, 0.2) is 0 Å². The third-order valence-electron chi connectivity index (χ3n) is 3.23. The normalized spacial score (nSPS) is 11.9. The lowest BCUT2D eigenvalue weighted by Crippen LogP contribution is -2.45. The van der Waals surface area contributed by atoms with Crippen LogP contribution >= 0.6 is 0 Å². The second-order valence-electron chi connectivity index (χ2n) is 5.30. The molecule has 1 aromatic carbocycles. The summed E-state index contributed by atoms with van der Waals surface area (Å²) in [4.78, 5) is 23.8. The third kappa shape index (κ3) is 4.77. The number of aryl methyl sites for hydroxylation is 1. The van der Waals surface area contributed by atoms with E-state index in [1.54, 1.807) is 7.11 Å². The minimum absolute atomic E-state index is 0.0409. The van der Waals surface area contributed by atoms with Crippen molar-refractivity contribution in [2.45, 2.75) is 33.2 Å². The Morgan fingerprint density at radius 2 is 1.90 bits per heavy atom. The number of carbonyl (C=O) groups excluding carboxylic acids is 2. The summed E-state index contributed by atoms with van der Waals surface area (Å²) < 4.78 is 9.96. The lowest BCUT2D eigenvalue weighted by atomic mass is 10.0. The van der Waals surface area contributed by atoms with E-state index in [1.165, 1.54) is 7.11 Å². The van der Waals surface area contributed by atoms with E-state index in [-0.39, 0.29) is 18.2 Å². The average Bonchev–Trinajstić information content (AvgIpc) is 2.44. The maximum absolute atomic E-state index is 12.2. The van der Waals surface area contributed by atoms with Crippen LogP contribution < -0.4 is 10.1 Å². The lowest BCUT2D eigenvalue weighted by molar-refractivity contribution is -0.146. The van der Waals surface area contributed by atoms with Gasteiger partial charge in [0.25, 0.3) is 0 Å². The van der Waals surface area contributed by atoms with Crippen molar-refractivity contribution in [3.63, 3.8) is 0 Å². The molecule has 1 amide bonds. The van der Waals surface area contributed by atoms with Crippen molar-refractivity contribution in [2.24, 2.45) is 5.92 Å². The summed E-state index contributed by atoms with van der Waals surface area (Å²) in [6.45, 7) is 5.66. The Bertz CT molecular complexity index is 511. The van der Waals surface area contributed by atoms with Gasteiger partial charge in [-0.1, -0.05) is 31.5 Å². The molecule has 0 aliphatic carbocycles. The van der Waals surface area contributed by atoms with Crippen LogP contribution in [0, 0.1) is 12.8 Å². The summed E-state index contributed by atoms with van der Waals surface area (Å²) in [6.07, 6.45) is 0.158. The zero-order valence-corrected chi connectivity index (χ0v) is 13.2. The Kier molecular flexibility index (Phi) is 6.21. The Morgan fingerprint density at radius 3 is 2.43 bits per heavy atom. The fraction of sp³-hybridized carbons (Fsp3) is 0.500. The molecule has 1 atom stereocenters. The number of rotatable bonds is 6. The lowest BCUT2D eigenvalue weighted by Gasteiger charge is -2.20. The summed E-state index contributed by atoms with van der Waals surface area (Å²) in [5, 5.41) is 2.72. The smallest absolute Gasteiger partial charge is 0.328 e. The fourth-order valence-electron chi connectivity index (χ4n) is 2.07. The Hall–Kier alpha value is -2.04. The first-order valence-electron chi connectivity index (χ1n) is 6.89. The van der Waals surface area contributed by atoms with Gasteiger partial charge >= 0.3 is 5.97 Å². The molecule has 0 aromatic heterocycles. The highest BCUT2D eigenvalue weighted by Gasteiger charge is 2.25. The van der Waals surface area contributed by atoms with E-state index in [0.717, 1.165) is 11.1 Å². The van der Waals surface area contributed by atoms with Gasteiger partial charge < -0.3 is 14.8 Å². The molecule has 1 unspecified atom stereocenters. The van der Waals surface area contributed by atoms with Crippen molar-refractivity contribution in [2.75, 3.05) is 14.2 Å². The number of hydrogen-bond donors (Lipinski definition) is 1. The zero-order chi connectivity index (χ0) is 16.0. The van der Waals surface area contributed by atoms with E-state index in [0.29, 0.717) is 5.75 Å². The summed E-state index contributed by atoms with van der Waals surface area (Å²) in [7, 11) is 2.88. The minimum Gasteiger partial charge on any atom is -0.496 e. The summed E-state index contributed by atoms with van der Waals surface area (Å²) >= 11 is 0. The molecule has 5 nitrogen and oxygen atoms in total. The van der Waals surface area contributed by atoms with Crippen LogP contribution in [0.4, 0.5) is 0 Å². The van der Waals surface area contributed by atoms with Gasteiger partial charge in [0.05, 0.1) is 20.6 Å². The molecular weight excluding hydrogens is 270 g/mol. The molecule has 0 bridgehead atoms. The molecule has 0 saturated heterocycles. The third-order valence-corrected chi connectivity index (χ3v) is 3.23. The first-order chi connectivity index (χ1) is 9.88. The number of esters is 1. The molecule has 0 aliphatic rings. The van der Waals surface area contributed by atoms with E-state index in [2.05, 4.69) is 5.32 Å². The van der Waals surface area contributed by atoms with Gasteiger partial charge in [-0.25, -0.2) is 4.79 Å². The van der Waals surface area contributed by atoms with Gasteiger partial charge in [-0.3, -0.25) is 4.79 Å². The van der Waals surface area contributed by atoms with E-state index < -0.39 is 12.0 Å². The topological polar surface area (TPSA) is 64.6 Å². The van der Waals surface area contributed by atoms with Crippen LogP contribution in [0.25, 0.3) is 0 Å². The first kappa shape index (κ1) is 17.0. The number of amides is 1. The van der Waals surface area contributed by atoms with Crippen LogP contribution in [0.15, 0.2) is 18.2 Å². The monoisotopic (exact) mass is 293 g/mol. The largest absolute Gasteiger partial charge is 0.496 e. The maximum Gasteiger partial charge on any atom is 0.328 e. The molecular formula is C16H23NO4. The van der Waals surface area contributed by atoms with Gasteiger partial charge in [0, 0.05) is 5.56 Å². The van der Waals surface area contributed by atoms with Crippen molar-refractivity contribution in [1.82, 2.24) is 5.32 Å². The summed E-state index contributed by atoms with van der Waals surface area (Å²) in [5.74, 6) is -0.0479. The number of benzene rings is 1. The van der Waals surface area contributed by atoms with Gasteiger partial charge in [0.1, 0.15) is 11.8 Å². The van der Waals surface area contributed by atoms with Gasteiger partial charge in [0.2, 0.25) is 5.91 Å². The van der Waals surface area contributed by atoms with E-state index in [9.17, 15) is 9.59 Å². The van der Waals surface area contributed by atoms with Crippen LogP contribution in [0.2, 0.25) is 0 Å². The highest BCUT2D eigenvalue weighted by molar-refractivity contribution is 5.86. The quantitative estimate of drug-likeness (QED) is 0.813. The number of methoxy groups -OCH3 is 2. The molecule has 5 heteroatoms. The minimum atomic E-state index is -0.640. The van der Waals surface area contributed by atoms with Crippen LogP contribution in [0.1, 0.15) is 25.0 Å². The second-order valence-corrected chi connectivity index (χ2v) is 5.30. The molecule has 1 aromatic rings. The summed E-state index contributed by atoms with van der Waals surface area (Å²) in [5.41, 5.74) is 1.84. The van der Waals surface area contributed by atoms with Crippen molar-refractivity contribution in [1.29, 1.82) is 0 Å². The highest BCUT2D eigenvalue weighted by atomic mass is 16.5.